The number of aliphatic hydroxyl groups excluding tert-OH is 1. The molecule has 2 aromatic carbocycles. The summed E-state index contributed by atoms with van der Waals surface area (Å²) < 4.78 is 8.42. The van der Waals surface area contributed by atoms with E-state index in [-0.39, 0.29) is 53.9 Å². The van der Waals surface area contributed by atoms with Gasteiger partial charge in [-0.15, -0.1) is 21.5 Å². The first kappa shape index (κ1) is 42.1. The molecular weight excluding hydrogens is 853 g/mol. The van der Waals surface area contributed by atoms with Crippen molar-refractivity contribution in [2.24, 2.45) is 11.8 Å². The minimum atomic E-state index is -0.841. The number of aliphatic hydroxyl groups is 1. The fourth-order valence-corrected chi connectivity index (χ4v) is 11.7. The zero-order chi connectivity index (χ0) is 45.4. The Balaban J connectivity index is 0.769. The summed E-state index contributed by atoms with van der Waals surface area (Å²) in [5.41, 5.74) is 10.6. The number of phenols is 1. The van der Waals surface area contributed by atoms with E-state index in [1.807, 2.05) is 75.7 Å². The first-order valence-corrected chi connectivity index (χ1v) is 23.8. The maximum absolute atomic E-state index is 14.4. The number of aryl methyl sites for hydroxylation is 1. The lowest BCUT2D eigenvalue weighted by molar-refractivity contribution is -0.141. The Morgan fingerprint density at radius 1 is 0.924 bits per heavy atom. The van der Waals surface area contributed by atoms with Crippen LogP contribution in [0.25, 0.3) is 44.0 Å². The molecule has 12 rings (SSSR count). The molecule has 5 aliphatic rings. The fourth-order valence-electron chi connectivity index (χ4n) is 10.9. The molecule has 7 heterocycles. The van der Waals surface area contributed by atoms with Crippen LogP contribution in [0.2, 0.25) is 0 Å². The van der Waals surface area contributed by atoms with E-state index >= 15 is 0 Å². The number of benzene rings is 2. The monoisotopic (exact) mass is 904 g/mol. The van der Waals surface area contributed by atoms with Gasteiger partial charge in [0.2, 0.25) is 17.8 Å². The molecule has 2 aliphatic heterocycles. The Morgan fingerprint density at radius 3 is 2.39 bits per heavy atom. The Hall–Kier alpha value is -6.52. The number of para-hydroxylation sites is 1. The SMILES string of the molecule is Cc1ncsc1-c1ccc([C@H](C)NC(=O)[C@@H]2C[C@@H](O)CN2C(=O)[C@@H](c2cc(-c3cnc(N4CC[C@H](c5cc6nnc(-c7ccccc7O)cc6n5C56CC(C5)C6)C4)nc3)no2)C(C)C)cc1. The number of amides is 2. The molecule has 15 nitrogen and oxygen atoms in total. The number of hydrogen-bond acceptors (Lipinski definition) is 13. The van der Waals surface area contributed by atoms with Gasteiger partial charge in [0, 0.05) is 72.8 Å². The van der Waals surface area contributed by atoms with Gasteiger partial charge in [0.25, 0.3) is 0 Å². The second-order valence-electron chi connectivity index (χ2n) is 19.2. The van der Waals surface area contributed by atoms with Crippen molar-refractivity contribution in [2.45, 2.75) is 95.4 Å². The van der Waals surface area contributed by atoms with Crippen LogP contribution in [0.15, 0.2) is 89.2 Å². The molecule has 0 radical (unpaired) electrons. The third kappa shape index (κ3) is 7.30. The molecule has 5 aromatic heterocycles. The van der Waals surface area contributed by atoms with Crippen molar-refractivity contribution in [1.29, 1.82) is 0 Å². The molecule has 338 valence electrons. The average Bonchev–Trinajstić information content (AvgIpc) is 4.14. The highest BCUT2D eigenvalue weighted by atomic mass is 32.1. The van der Waals surface area contributed by atoms with E-state index in [2.05, 4.69) is 47.3 Å². The zero-order valence-electron chi connectivity index (χ0n) is 37.3. The van der Waals surface area contributed by atoms with Crippen LogP contribution in [0.4, 0.5) is 5.95 Å². The molecule has 5 fully saturated rings. The minimum absolute atomic E-state index is 0.0450. The van der Waals surface area contributed by atoms with E-state index < -0.39 is 18.1 Å². The van der Waals surface area contributed by atoms with Gasteiger partial charge in [-0.25, -0.2) is 15.0 Å². The van der Waals surface area contributed by atoms with Gasteiger partial charge in [-0.05, 0) is 86.8 Å². The van der Waals surface area contributed by atoms with Crippen LogP contribution >= 0.6 is 11.3 Å². The smallest absolute Gasteiger partial charge is 0.243 e. The Labute approximate surface area is 385 Å². The predicted octanol–water partition coefficient (Wildman–Crippen LogP) is 7.76. The average molecular weight is 905 g/mol. The van der Waals surface area contributed by atoms with Crippen molar-refractivity contribution in [3.05, 3.63) is 107 Å². The Morgan fingerprint density at radius 2 is 1.70 bits per heavy atom. The Bertz CT molecular complexity index is 2950. The third-order valence-corrected chi connectivity index (χ3v) is 15.5. The van der Waals surface area contributed by atoms with Crippen LogP contribution in [0.1, 0.15) is 93.5 Å². The molecular formula is C50H52N10O5S. The van der Waals surface area contributed by atoms with Crippen LogP contribution < -0.4 is 10.2 Å². The van der Waals surface area contributed by atoms with E-state index in [9.17, 15) is 19.8 Å². The standard InChI is InChI=1S/C50H52N10O5S/c1-27(2)45(48(64)59-25-35(61)15-42(59)47(63)54-28(3)31-9-11-32(12-10-31)46-29(4)53-26-66-46)44-18-37(57-65-44)34-22-51-49(52-23-34)58-14-13-33(24-58)40-17-39-41(60(40)50-19-30(20-50)21-50)16-38(55-56-39)36-7-5-6-8-43(36)62/h5-12,16-18,22-23,26-28,30,33,35,42,45,61-62H,13-15,19-21,24-25H2,1-4H3,(H,54,63)/t28-,30?,33-,35+,42-,45+,50?/m0/s1. The highest BCUT2D eigenvalue weighted by Crippen LogP contribution is 2.64. The summed E-state index contributed by atoms with van der Waals surface area (Å²) in [7, 11) is 0. The number of fused-ring (bicyclic) bond motifs is 1. The number of phenolic OH excluding ortho intramolecular Hbond substituents is 1. The number of aromatic hydroxyl groups is 1. The summed E-state index contributed by atoms with van der Waals surface area (Å²) in [4.78, 5) is 46.9. The quantitative estimate of drug-likeness (QED) is 0.108. The second-order valence-corrected chi connectivity index (χ2v) is 20.0. The number of aromatic nitrogens is 7. The van der Waals surface area contributed by atoms with Gasteiger partial charge < -0.3 is 34.4 Å². The molecule has 2 saturated heterocycles. The van der Waals surface area contributed by atoms with Gasteiger partial charge in [0.05, 0.1) is 39.4 Å². The predicted molar refractivity (Wildman–Crippen MR) is 250 cm³/mol. The van der Waals surface area contributed by atoms with Crippen molar-refractivity contribution < 1.29 is 24.3 Å². The van der Waals surface area contributed by atoms with Crippen molar-refractivity contribution in [2.75, 3.05) is 24.5 Å². The van der Waals surface area contributed by atoms with E-state index in [0.29, 0.717) is 34.2 Å². The summed E-state index contributed by atoms with van der Waals surface area (Å²) in [5.74, 6) is 0.683. The number of thiazole rings is 1. The molecule has 7 aromatic rings. The van der Waals surface area contributed by atoms with Crippen LogP contribution in [0.3, 0.4) is 0 Å². The van der Waals surface area contributed by atoms with Crippen molar-refractivity contribution in [1.82, 2.24) is 45.1 Å². The van der Waals surface area contributed by atoms with Gasteiger partial charge in [-0.3, -0.25) is 9.59 Å². The summed E-state index contributed by atoms with van der Waals surface area (Å²) in [6, 6.07) is 20.2. The number of rotatable bonds is 12. The molecule has 2 amide bonds. The molecule has 2 bridgehead atoms. The normalized spacial score (nSPS) is 23.2. The second kappa shape index (κ2) is 16.4. The number of nitrogens with zero attached hydrogens (tertiary/aromatic N) is 9. The lowest BCUT2D eigenvalue weighted by atomic mass is 9.49. The maximum Gasteiger partial charge on any atom is 0.243 e. The van der Waals surface area contributed by atoms with Crippen LogP contribution in [-0.4, -0.2) is 93.6 Å². The summed E-state index contributed by atoms with van der Waals surface area (Å²) in [6.07, 6.45) is 7.27. The van der Waals surface area contributed by atoms with Gasteiger partial charge in [-0.1, -0.05) is 55.4 Å². The maximum atomic E-state index is 14.4. The summed E-state index contributed by atoms with van der Waals surface area (Å²) in [5, 5.41) is 38.0. The number of anilines is 1. The first-order valence-electron chi connectivity index (χ1n) is 22.9. The molecule has 3 aliphatic carbocycles. The molecule has 16 heteroatoms. The first-order chi connectivity index (χ1) is 31.9. The lowest BCUT2D eigenvalue weighted by Gasteiger charge is -2.63. The van der Waals surface area contributed by atoms with Gasteiger partial charge in [-0.2, -0.15) is 0 Å². The van der Waals surface area contributed by atoms with Crippen LogP contribution in [0, 0.1) is 18.8 Å². The highest BCUT2D eigenvalue weighted by Gasteiger charge is 2.59. The van der Waals surface area contributed by atoms with Crippen molar-refractivity contribution >= 4 is 40.1 Å². The number of likely N-dealkylation sites (tertiary alicyclic amines) is 1. The summed E-state index contributed by atoms with van der Waals surface area (Å²) in [6.45, 7) is 9.36. The van der Waals surface area contributed by atoms with Crippen molar-refractivity contribution in [3.8, 4) is 38.7 Å². The number of hydrogen-bond donors (Lipinski definition) is 3. The number of carbonyl (C=O) groups excluding carboxylic acids is 2. The van der Waals surface area contributed by atoms with Gasteiger partial charge in [0.1, 0.15) is 34.7 Å². The topological polar surface area (TPSA) is 189 Å². The van der Waals surface area contributed by atoms with Gasteiger partial charge >= 0.3 is 0 Å². The fraction of sp³-hybridized carbons (Fsp3) is 0.400. The largest absolute Gasteiger partial charge is 0.507 e. The van der Waals surface area contributed by atoms with E-state index in [0.717, 1.165) is 58.2 Å². The molecule has 0 spiro atoms. The summed E-state index contributed by atoms with van der Waals surface area (Å²) >= 11 is 1.59. The Kier molecular flexibility index (Phi) is 10.5. The number of carbonyl (C=O) groups is 2. The highest BCUT2D eigenvalue weighted by molar-refractivity contribution is 7.13. The number of β-amino-alcohol motifs (C(OH)–C–C–N with tert-alkyl or cyclic N) is 1. The van der Waals surface area contributed by atoms with E-state index in [4.69, 9.17) is 14.5 Å². The van der Waals surface area contributed by atoms with E-state index in [1.54, 1.807) is 35.9 Å². The molecule has 0 unspecified atom stereocenters. The molecule has 3 N–H and O–H groups in total. The third-order valence-electron chi connectivity index (χ3n) is 14.5. The van der Waals surface area contributed by atoms with Crippen LogP contribution in [-0.2, 0) is 15.1 Å². The molecule has 5 atom stereocenters. The lowest BCUT2D eigenvalue weighted by Crippen LogP contribution is -2.59. The number of nitrogens with one attached hydrogen (secondary N) is 1. The van der Waals surface area contributed by atoms with Crippen molar-refractivity contribution in [3.63, 3.8) is 0 Å². The van der Waals surface area contributed by atoms with Crippen LogP contribution in [0.5, 0.6) is 5.75 Å². The molecule has 3 saturated carbocycles. The van der Waals surface area contributed by atoms with E-state index in [1.165, 1.54) is 29.9 Å². The zero-order valence-corrected chi connectivity index (χ0v) is 38.2. The molecule has 66 heavy (non-hydrogen) atoms. The van der Waals surface area contributed by atoms with Gasteiger partial charge in [0.15, 0.2) is 0 Å². The minimum Gasteiger partial charge on any atom is -0.507 e.